The average molecular weight is 380 g/mol. The Hall–Kier alpha value is -1.50. The van der Waals surface area contributed by atoms with Crippen molar-refractivity contribution in [1.29, 1.82) is 0 Å². The van der Waals surface area contributed by atoms with Crippen molar-refractivity contribution in [2.75, 3.05) is 6.54 Å². The highest BCUT2D eigenvalue weighted by atomic mass is 15.2. The molecule has 0 saturated heterocycles. The molecule has 3 rings (SSSR count). The summed E-state index contributed by atoms with van der Waals surface area (Å²) in [6.07, 6.45) is 21.1. The summed E-state index contributed by atoms with van der Waals surface area (Å²) in [5.74, 6) is 1.46. The van der Waals surface area contributed by atoms with Crippen LogP contribution in [0.3, 0.4) is 0 Å². The molecule has 2 atom stereocenters. The van der Waals surface area contributed by atoms with Gasteiger partial charge < -0.3 is 4.90 Å². The van der Waals surface area contributed by atoms with Crippen LogP contribution in [-0.4, -0.2) is 11.4 Å². The predicted octanol–water partition coefficient (Wildman–Crippen LogP) is 8.09. The highest BCUT2D eigenvalue weighted by Gasteiger charge is 2.32. The number of rotatable bonds is 10. The van der Waals surface area contributed by atoms with Gasteiger partial charge in [0.15, 0.2) is 0 Å². The lowest BCUT2D eigenvalue weighted by Gasteiger charge is -2.38. The van der Waals surface area contributed by atoms with Crippen LogP contribution in [0.1, 0.15) is 92.4 Å². The molecule has 1 heteroatoms. The van der Waals surface area contributed by atoms with Gasteiger partial charge in [0.1, 0.15) is 0 Å². The SMILES string of the molecule is CCC/C(C)=C(\CC)N1CC2=C1CC(CCC(CCC)C1=CCC(C)C=C1)=C2. The fourth-order valence-corrected chi connectivity index (χ4v) is 5.18. The largest absolute Gasteiger partial charge is 0.344 e. The van der Waals surface area contributed by atoms with E-state index in [2.05, 4.69) is 63.8 Å². The molecule has 0 spiro atoms. The van der Waals surface area contributed by atoms with Crippen molar-refractivity contribution in [2.45, 2.75) is 92.4 Å². The molecular formula is C27H41N. The van der Waals surface area contributed by atoms with Gasteiger partial charge in [-0.05, 0) is 68.4 Å². The topological polar surface area (TPSA) is 3.24 Å². The first-order valence-corrected chi connectivity index (χ1v) is 11.8. The summed E-state index contributed by atoms with van der Waals surface area (Å²) in [4.78, 5) is 2.63. The Morgan fingerprint density at radius 2 is 2.00 bits per heavy atom. The zero-order valence-corrected chi connectivity index (χ0v) is 19.0. The fraction of sp³-hybridized carbons (Fsp3) is 0.630. The number of hydrogen-bond acceptors (Lipinski definition) is 1. The van der Waals surface area contributed by atoms with Crippen molar-refractivity contribution < 1.29 is 0 Å². The molecule has 1 heterocycles. The van der Waals surface area contributed by atoms with Crippen LogP contribution in [0.4, 0.5) is 0 Å². The van der Waals surface area contributed by atoms with Gasteiger partial charge in [0.2, 0.25) is 0 Å². The van der Waals surface area contributed by atoms with Crippen molar-refractivity contribution >= 4 is 0 Å². The Labute approximate surface area is 174 Å². The van der Waals surface area contributed by atoms with Gasteiger partial charge in [0.05, 0.1) is 0 Å². The normalized spacial score (nSPS) is 23.2. The molecule has 1 aliphatic heterocycles. The average Bonchev–Trinajstić information content (AvgIpc) is 2.99. The second kappa shape index (κ2) is 9.81. The summed E-state index contributed by atoms with van der Waals surface area (Å²) in [6.45, 7) is 12.7. The number of hydrogen-bond donors (Lipinski definition) is 0. The van der Waals surface area contributed by atoms with E-state index in [9.17, 15) is 0 Å². The van der Waals surface area contributed by atoms with E-state index in [0.717, 1.165) is 24.8 Å². The molecule has 28 heavy (non-hydrogen) atoms. The summed E-state index contributed by atoms with van der Waals surface area (Å²) in [7, 11) is 0. The second-order valence-corrected chi connectivity index (χ2v) is 9.17. The Morgan fingerprint density at radius 1 is 1.18 bits per heavy atom. The lowest BCUT2D eigenvalue weighted by Crippen LogP contribution is -2.34. The van der Waals surface area contributed by atoms with Gasteiger partial charge in [-0.3, -0.25) is 0 Å². The molecule has 0 saturated carbocycles. The van der Waals surface area contributed by atoms with Crippen LogP contribution < -0.4 is 0 Å². The quantitative estimate of drug-likeness (QED) is 0.371. The van der Waals surface area contributed by atoms with Gasteiger partial charge in [-0.15, -0.1) is 0 Å². The van der Waals surface area contributed by atoms with Crippen molar-refractivity contribution in [1.82, 2.24) is 4.90 Å². The van der Waals surface area contributed by atoms with E-state index < -0.39 is 0 Å². The van der Waals surface area contributed by atoms with Crippen LogP contribution in [-0.2, 0) is 0 Å². The van der Waals surface area contributed by atoms with E-state index in [0.29, 0.717) is 0 Å². The van der Waals surface area contributed by atoms with E-state index in [1.165, 1.54) is 51.4 Å². The first kappa shape index (κ1) is 21.2. The zero-order chi connectivity index (χ0) is 20.1. The third-order valence-electron chi connectivity index (χ3n) is 6.84. The molecule has 2 aliphatic carbocycles. The maximum absolute atomic E-state index is 2.63. The molecule has 1 nitrogen and oxygen atoms in total. The summed E-state index contributed by atoms with van der Waals surface area (Å²) in [5, 5.41) is 0. The summed E-state index contributed by atoms with van der Waals surface area (Å²) >= 11 is 0. The monoisotopic (exact) mass is 379 g/mol. The molecular weight excluding hydrogens is 338 g/mol. The van der Waals surface area contributed by atoms with Crippen molar-refractivity contribution in [2.24, 2.45) is 11.8 Å². The minimum absolute atomic E-state index is 0.718. The van der Waals surface area contributed by atoms with Crippen LogP contribution in [0.25, 0.3) is 0 Å². The molecule has 0 N–H and O–H groups in total. The minimum atomic E-state index is 0.718. The lowest BCUT2D eigenvalue weighted by molar-refractivity contribution is 0.379. The van der Waals surface area contributed by atoms with E-state index in [1.807, 2.05) is 0 Å². The van der Waals surface area contributed by atoms with Gasteiger partial charge >= 0.3 is 0 Å². The fourth-order valence-electron chi connectivity index (χ4n) is 5.18. The lowest BCUT2D eigenvalue weighted by atomic mass is 9.84. The predicted molar refractivity (Wildman–Crippen MR) is 123 cm³/mol. The van der Waals surface area contributed by atoms with Crippen LogP contribution in [0, 0.1) is 11.8 Å². The third kappa shape index (κ3) is 4.73. The summed E-state index contributed by atoms with van der Waals surface area (Å²) in [5.41, 5.74) is 9.69. The van der Waals surface area contributed by atoms with Crippen LogP contribution in [0.5, 0.6) is 0 Å². The maximum Gasteiger partial charge on any atom is 0.0493 e. The molecule has 0 fully saturated rings. The number of nitrogens with zero attached hydrogens (tertiary/aromatic N) is 1. The second-order valence-electron chi connectivity index (χ2n) is 9.17. The van der Waals surface area contributed by atoms with Crippen LogP contribution >= 0.6 is 0 Å². The Kier molecular flexibility index (Phi) is 7.43. The van der Waals surface area contributed by atoms with Crippen molar-refractivity contribution in [3.63, 3.8) is 0 Å². The highest BCUT2D eigenvalue weighted by Crippen LogP contribution is 2.42. The first-order valence-electron chi connectivity index (χ1n) is 11.8. The highest BCUT2D eigenvalue weighted by molar-refractivity contribution is 5.48. The molecule has 154 valence electrons. The smallest absolute Gasteiger partial charge is 0.0493 e. The van der Waals surface area contributed by atoms with Gasteiger partial charge in [0, 0.05) is 24.4 Å². The zero-order valence-electron chi connectivity index (χ0n) is 19.0. The van der Waals surface area contributed by atoms with Gasteiger partial charge in [-0.2, -0.15) is 0 Å². The minimum Gasteiger partial charge on any atom is -0.344 e. The molecule has 0 radical (unpaired) electrons. The van der Waals surface area contributed by atoms with Crippen LogP contribution in [0.2, 0.25) is 0 Å². The summed E-state index contributed by atoms with van der Waals surface area (Å²) in [6, 6.07) is 0. The molecule has 0 aromatic carbocycles. The first-order chi connectivity index (χ1) is 13.6. The summed E-state index contributed by atoms with van der Waals surface area (Å²) < 4.78 is 0. The molecule has 0 amide bonds. The van der Waals surface area contributed by atoms with Gasteiger partial charge in [-0.25, -0.2) is 0 Å². The number of allylic oxidation sites excluding steroid dienone is 7. The Morgan fingerprint density at radius 3 is 2.64 bits per heavy atom. The standard InChI is InChI=1S/C27H41N/c1-6-9-21(5)26(8-3)28-19-25-17-22(18-27(25)28)13-16-23(10-7-2)24-14-11-20(4)12-15-24/h11,14-15,17,20,23H,6-10,12-13,16,18-19H2,1-5H3/b26-21+. The molecule has 0 aromatic rings. The molecule has 0 aromatic heterocycles. The van der Waals surface area contributed by atoms with E-state index in [-0.39, 0.29) is 0 Å². The molecule has 0 bridgehead atoms. The van der Waals surface area contributed by atoms with Crippen molar-refractivity contribution in [3.8, 4) is 0 Å². The van der Waals surface area contributed by atoms with Gasteiger partial charge in [-0.1, -0.05) is 76.0 Å². The Bertz CT molecular complexity index is 713. The molecule has 3 aliphatic rings. The van der Waals surface area contributed by atoms with Gasteiger partial charge in [0.25, 0.3) is 0 Å². The third-order valence-corrected chi connectivity index (χ3v) is 6.84. The van der Waals surface area contributed by atoms with E-state index >= 15 is 0 Å². The van der Waals surface area contributed by atoms with Crippen molar-refractivity contribution in [3.05, 3.63) is 58.0 Å². The van der Waals surface area contributed by atoms with E-state index in [1.54, 1.807) is 33.7 Å². The van der Waals surface area contributed by atoms with E-state index in [4.69, 9.17) is 0 Å². The van der Waals surface area contributed by atoms with Crippen LogP contribution in [0.15, 0.2) is 58.0 Å². The molecule has 2 unspecified atom stereocenters. The maximum atomic E-state index is 2.63. The Balaban J connectivity index is 1.56.